The van der Waals surface area contributed by atoms with Crippen LogP contribution in [-0.4, -0.2) is 25.8 Å². The van der Waals surface area contributed by atoms with Gasteiger partial charge in [0.15, 0.2) is 0 Å². The third-order valence-electron chi connectivity index (χ3n) is 3.76. The fourth-order valence-electron chi connectivity index (χ4n) is 2.63. The van der Waals surface area contributed by atoms with Gasteiger partial charge in [0.05, 0.1) is 0 Å². The summed E-state index contributed by atoms with van der Waals surface area (Å²) in [5.74, 6) is 0. The molecule has 0 spiro atoms. The van der Waals surface area contributed by atoms with E-state index in [1.54, 1.807) is 33.6 Å². The monoisotopic (exact) mass is 394 g/mol. The van der Waals surface area contributed by atoms with E-state index in [0.717, 1.165) is 19.7 Å². The molecule has 1 aliphatic carbocycles. The van der Waals surface area contributed by atoms with Gasteiger partial charge < -0.3 is 24.8 Å². The molecule has 0 radical (unpaired) electrons. The van der Waals surface area contributed by atoms with E-state index in [2.05, 4.69) is 17.5 Å². The van der Waals surface area contributed by atoms with E-state index in [4.69, 9.17) is 4.74 Å². The van der Waals surface area contributed by atoms with Crippen molar-refractivity contribution in [1.82, 2.24) is 5.32 Å². The fourth-order valence-corrected chi connectivity index (χ4v) is 3.43. The van der Waals surface area contributed by atoms with Crippen LogP contribution in [-0.2, 0) is 29.5 Å². The second kappa shape index (κ2) is 12.4. The van der Waals surface area contributed by atoms with E-state index in [9.17, 15) is 0 Å². The van der Waals surface area contributed by atoms with Crippen LogP contribution in [0.3, 0.4) is 0 Å². The van der Waals surface area contributed by atoms with E-state index in [1.807, 2.05) is 0 Å². The summed E-state index contributed by atoms with van der Waals surface area (Å²) in [5.41, 5.74) is 1.63. The Bertz CT molecular complexity index is 315. The molecular formula is C15H24Cl2NOZr. The van der Waals surface area contributed by atoms with Crippen LogP contribution < -0.4 is 30.1 Å². The molecule has 1 atom stereocenters. The van der Waals surface area contributed by atoms with E-state index in [0.29, 0.717) is 6.10 Å². The molecule has 0 aromatic heterocycles. The summed E-state index contributed by atoms with van der Waals surface area (Å²) in [6.45, 7) is 2.98. The van der Waals surface area contributed by atoms with Crippen LogP contribution in [0.25, 0.3) is 0 Å². The average Bonchev–Trinajstić information content (AvgIpc) is 2.81. The van der Waals surface area contributed by atoms with Crippen LogP contribution in [0, 0.1) is 0 Å². The predicted molar refractivity (Wildman–Crippen MR) is 71.1 cm³/mol. The van der Waals surface area contributed by atoms with Crippen molar-refractivity contribution < 1.29 is 54.3 Å². The van der Waals surface area contributed by atoms with Crippen LogP contribution in [0.15, 0.2) is 21.0 Å². The van der Waals surface area contributed by atoms with Crippen LogP contribution in [0.2, 0.25) is 0 Å². The standard InChI is InChI=1S/C15H24NO.2ClH.Zr/c1(3-7-14-8-5-6-9-14)2-4-10-15-13-16-11-12-17-15;;;/h5,8,15-16H,1-4,6-7,10-13H2;2*1H;/q;;;+2/p-2. The molecule has 2 rings (SSSR count). The number of rotatable bonds is 7. The van der Waals surface area contributed by atoms with Gasteiger partial charge >= 0.3 is 127 Å². The summed E-state index contributed by atoms with van der Waals surface area (Å²) in [5, 5.41) is 3.39. The van der Waals surface area contributed by atoms with Crippen LogP contribution >= 0.6 is 0 Å². The molecule has 1 unspecified atom stereocenters. The SMILES string of the molecule is [Cl-].[Cl-].[Zr+2][C]1=C(CCCCCCC2CNCCO2)C=CC1. The van der Waals surface area contributed by atoms with Gasteiger partial charge in [-0.15, -0.1) is 0 Å². The molecule has 0 aromatic rings. The van der Waals surface area contributed by atoms with E-state index < -0.39 is 0 Å². The first-order valence-corrected chi connectivity index (χ1v) is 8.51. The molecule has 0 bridgehead atoms. The number of hydrogen-bond donors (Lipinski definition) is 1. The van der Waals surface area contributed by atoms with Crippen molar-refractivity contribution in [3.63, 3.8) is 0 Å². The summed E-state index contributed by atoms with van der Waals surface area (Å²) in [4.78, 5) is 0. The maximum absolute atomic E-state index is 5.70. The van der Waals surface area contributed by atoms with Crippen LogP contribution in [0.5, 0.6) is 0 Å². The fraction of sp³-hybridized carbons (Fsp3) is 0.733. The Labute approximate surface area is 150 Å². The first-order chi connectivity index (χ1) is 8.86. The molecule has 113 valence electrons. The van der Waals surface area contributed by atoms with Gasteiger partial charge in [0.2, 0.25) is 0 Å². The second-order valence-electron chi connectivity index (χ2n) is 5.26. The van der Waals surface area contributed by atoms with Crippen molar-refractivity contribution in [2.75, 3.05) is 19.7 Å². The molecule has 0 amide bonds. The van der Waals surface area contributed by atoms with Crippen LogP contribution in [0.1, 0.15) is 44.9 Å². The van der Waals surface area contributed by atoms with Crippen molar-refractivity contribution in [2.45, 2.75) is 51.0 Å². The average molecular weight is 396 g/mol. The molecule has 0 saturated carbocycles. The molecule has 1 fully saturated rings. The van der Waals surface area contributed by atoms with Crippen molar-refractivity contribution in [3.05, 3.63) is 21.0 Å². The number of halogens is 2. The molecule has 1 N–H and O–H groups in total. The number of hydrogen-bond acceptors (Lipinski definition) is 2. The Hall–Kier alpha value is 0.863. The zero-order chi connectivity index (χ0) is 12.6. The Morgan fingerprint density at radius 1 is 1.20 bits per heavy atom. The van der Waals surface area contributed by atoms with Crippen molar-refractivity contribution in [3.8, 4) is 0 Å². The molecule has 1 heterocycles. The quantitative estimate of drug-likeness (QED) is 0.466. The van der Waals surface area contributed by atoms with Gasteiger partial charge in [-0.3, -0.25) is 0 Å². The van der Waals surface area contributed by atoms with Crippen molar-refractivity contribution >= 4 is 0 Å². The van der Waals surface area contributed by atoms with Gasteiger partial charge in [-0.1, -0.05) is 0 Å². The predicted octanol–water partition coefficient (Wildman–Crippen LogP) is -2.92. The Morgan fingerprint density at radius 3 is 2.65 bits per heavy atom. The second-order valence-corrected chi connectivity index (χ2v) is 6.74. The number of allylic oxidation sites excluding steroid dienone is 4. The van der Waals surface area contributed by atoms with Gasteiger partial charge in [0.1, 0.15) is 0 Å². The molecule has 2 nitrogen and oxygen atoms in total. The summed E-state index contributed by atoms with van der Waals surface area (Å²) in [6.07, 6.45) is 14.3. The molecule has 0 aromatic carbocycles. The first-order valence-electron chi connectivity index (χ1n) is 7.29. The van der Waals surface area contributed by atoms with Crippen molar-refractivity contribution in [1.29, 1.82) is 0 Å². The Kier molecular flexibility index (Phi) is 12.9. The summed E-state index contributed by atoms with van der Waals surface area (Å²) < 4.78 is 7.37. The van der Waals surface area contributed by atoms with Gasteiger partial charge in [0.25, 0.3) is 0 Å². The molecule has 1 aliphatic heterocycles. The topological polar surface area (TPSA) is 21.3 Å². The van der Waals surface area contributed by atoms with Gasteiger partial charge in [-0.05, 0) is 0 Å². The molecule has 1 saturated heterocycles. The summed E-state index contributed by atoms with van der Waals surface area (Å²) >= 11 is 1.61. The number of ether oxygens (including phenoxy) is 1. The normalized spacial score (nSPS) is 21.6. The molecule has 5 heteroatoms. The van der Waals surface area contributed by atoms with Gasteiger partial charge in [-0.2, -0.15) is 0 Å². The van der Waals surface area contributed by atoms with E-state index in [-0.39, 0.29) is 24.8 Å². The van der Waals surface area contributed by atoms with E-state index >= 15 is 0 Å². The minimum atomic E-state index is 0. The van der Waals surface area contributed by atoms with Crippen LogP contribution in [0.4, 0.5) is 0 Å². The Morgan fingerprint density at radius 2 is 2.00 bits per heavy atom. The number of unbranched alkanes of at least 4 members (excludes halogenated alkanes) is 3. The zero-order valence-electron chi connectivity index (χ0n) is 12.0. The zero-order valence-corrected chi connectivity index (χ0v) is 15.9. The van der Waals surface area contributed by atoms with E-state index in [1.165, 1.54) is 44.9 Å². The molecule has 20 heavy (non-hydrogen) atoms. The summed E-state index contributed by atoms with van der Waals surface area (Å²) in [6, 6.07) is 0. The van der Waals surface area contributed by atoms with Gasteiger partial charge in [0, 0.05) is 0 Å². The molecule has 2 aliphatic rings. The maximum atomic E-state index is 5.70. The molecular weight excluding hydrogens is 372 g/mol. The first kappa shape index (κ1) is 20.9. The Balaban J connectivity index is 0.00000180. The van der Waals surface area contributed by atoms with Crippen molar-refractivity contribution in [2.24, 2.45) is 0 Å². The third kappa shape index (κ3) is 7.75. The third-order valence-corrected chi connectivity index (χ3v) is 5.05. The van der Waals surface area contributed by atoms with Gasteiger partial charge in [-0.25, -0.2) is 0 Å². The number of nitrogens with one attached hydrogen (secondary N) is 1. The summed E-state index contributed by atoms with van der Waals surface area (Å²) in [7, 11) is 0. The minimum absolute atomic E-state index is 0. The number of morpholine rings is 1.